The second-order valence-corrected chi connectivity index (χ2v) is 3.64. The zero-order chi connectivity index (χ0) is 14.3. The Kier molecular flexibility index (Phi) is 5.29. The predicted molar refractivity (Wildman–Crippen MR) is 68.2 cm³/mol. The van der Waals surface area contributed by atoms with Crippen LogP contribution in [0.4, 0.5) is 17.3 Å². The van der Waals surface area contributed by atoms with E-state index in [0.29, 0.717) is 0 Å². The van der Waals surface area contributed by atoms with Gasteiger partial charge in [0.2, 0.25) is 5.71 Å². The third-order valence-corrected chi connectivity index (χ3v) is 2.17. The summed E-state index contributed by atoms with van der Waals surface area (Å²) in [7, 11) is -6.00. The molecular formula is C13H12BF4N. The van der Waals surface area contributed by atoms with E-state index in [1.807, 2.05) is 60.7 Å². The maximum atomic E-state index is 9.75. The molecule has 2 rings (SSSR count). The highest BCUT2D eigenvalue weighted by atomic mass is 19.5. The summed E-state index contributed by atoms with van der Waals surface area (Å²) in [5.41, 5.74) is 2.96. The normalized spacial score (nSPS) is 10.3. The Bertz CT molecular complexity index is 464. The lowest BCUT2D eigenvalue weighted by atomic mass is 10.0. The van der Waals surface area contributed by atoms with Crippen molar-refractivity contribution >= 4 is 13.0 Å². The van der Waals surface area contributed by atoms with Gasteiger partial charge >= 0.3 is 7.25 Å². The number of rotatable bonds is 2. The highest BCUT2D eigenvalue weighted by Crippen LogP contribution is 2.07. The van der Waals surface area contributed by atoms with Crippen LogP contribution >= 0.6 is 0 Å². The summed E-state index contributed by atoms with van der Waals surface area (Å²) in [5.74, 6) is 0. The van der Waals surface area contributed by atoms with E-state index in [4.69, 9.17) is 5.41 Å². The van der Waals surface area contributed by atoms with Gasteiger partial charge in [-0.3, -0.25) is 5.41 Å². The van der Waals surface area contributed by atoms with Crippen molar-refractivity contribution in [2.75, 3.05) is 0 Å². The number of benzene rings is 2. The SMILES string of the molecule is F[B-](F)(F)F.[NH2+]=C(c1ccccc1)c1ccccc1. The zero-order valence-electron chi connectivity index (χ0n) is 9.94. The van der Waals surface area contributed by atoms with E-state index >= 15 is 0 Å². The predicted octanol–water partition coefficient (Wildman–Crippen LogP) is 2.58. The summed E-state index contributed by atoms with van der Waals surface area (Å²) in [6, 6.07) is 20.0. The van der Waals surface area contributed by atoms with Crippen molar-refractivity contribution in [1.29, 1.82) is 0 Å². The summed E-state index contributed by atoms with van der Waals surface area (Å²) >= 11 is 0. The maximum absolute atomic E-state index is 9.75. The second-order valence-electron chi connectivity index (χ2n) is 3.64. The molecule has 100 valence electrons. The molecule has 0 atom stereocenters. The molecule has 2 aromatic rings. The second kappa shape index (κ2) is 6.73. The number of nitrogens with two attached hydrogens (primary N) is 1. The van der Waals surface area contributed by atoms with Crippen LogP contribution in [0.3, 0.4) is 0 Å². The first kappa shape index (κ1) is 15.0. The lowest BCUT2D eigenvalue weighted by molar-refractivity contribution is -0.111. The van der Waals surface area contributed by atoms with Crippen LogP contribution in [0.1, 0.15) is 11.1 Å². The molecule has 0 spiro atoms. The quantitative estimate of drug-likeness (QED) is 0.492. The fraction of sp³-hybridized carbons (Fsp3) is 0. The molecule has 0 bridgehead atoms. The van der Waals surface area contributed by atoms with Crippen LogP contribution in [-0.2, 0) is 0 Å². The Hall–Kier alpha value is -2.11. The van der Waals surface area contributed by atoms with Gasteiger partial charge in [-0.2, -0.15) is 0 Å². The Morgan fingerprint density at radius 1 is 0.684 bits per heavy atom. The Balaban J connectivity index is 0.000000312. The van der Waals surface area contributed by atoms with Crippen molar-refractivity contribution in [3.63, 3.8) is 0 Å². The Labute approximate surface area is 108 Å². The molecule has 0 amide bonds. The molecule has 0 unspecified atom stereocenters. The standard InChI is InChI=1S/C13H11N.BF4/c14-13(11-7-3-1-4-8-11)12-9-5-2-6-10-12;2-1(3,4)5/h1-10,14H;/q;-1/p+1. The molecular weight excluding hydrogens is 257 g/mol. The van der Waals surface area contributed by atoms with Crippen LogP contribution in [0.15, 0.2) is 60.7 Å². The lowest BCUT2D eigenvalue weighted by Gasteiger charge is -1.97. The van der Waals surface area contributed by atoms with E-state index in [1.54, 1.807) is 0 Å². The van der Waals surface area contributed by atoms with Gasteiger partial charge in [0.15, 0.2) is 0 Å². The summed E-state index contributed by atoms with van der Waals surface area (Å²) in [6.45, 7) is 0. The Morgan fingerprint density at radius 2 is 0.947 bits per heavy atom. The zero-order valence-corrected chi connectivity index (χ0v) is 9.94. The minimum Gasteiger partial charge on any atom is -0.418 e. The minimum absolute atomic E-state index is 0.825. The smallest absolute Gasteiger partial charge is 0.418 e. The topological polar surface area (TPSA) is 25.6 Å². The first-order valence-electron chi connectivity index (χ1n) is 5.48. The van der Waals surface area contributed by atoms with Gasteiger partial charge in [-0.25, -0.2) is 0 Å². The van der Waals surface area contributed by atoms with Crippen LogP contribution in [0.5, 0.6) is 0 Å². The molecule has 2 aromatic carbocycles. The number of hydrogen-bond acceptors (Lipinski definition) is 0. The molecule has 0 radical (unpaired) electrons. The van der Waals surface area contributed by atoms with Gasteiger partial charge in [0.25, 0.3) is 0 Å². The van der Waals surface area contributed by atoms with Crippen LogP contribution in [0.2, 0.25) is 0 Å². The molecule has 2 N–H and O–H groups in total. The number of hydrogen-bond donors (Lipinski definition) is 1. The molecule has 6 heteroatoms. The molecule has 1 nitrogen and oxygen atoms in total. The van der Waals surface area contributed by atoms with Crippen LogP contribution in [-0.4, -0.2) is 13.0 Å². The highest BCUT2D eigenvalue weighted by molar-refractivity contribution is 6.50. The number of halogens is 4. The van der Waals surface area contributed by atoms with Gasteiger partial charge in [-0.1, -0.05) is 36.4 Å². The molecule has 0 saturated heterocycles. The van der Waals surface area contributed by atoms with Crippen LogP contribution in [0, 0.1) is 0 Å². The molecule has 0 saturated carbocycles. The molecule has 0 aliphatic carbocycles. The van der Waals surface area contributed by atoms with Gasteiger partial charge in [0.1, 0.15) is 0 Å². The molecule has 0 fully saturated rings. The fourth-order valence-corrected chi connectivity index (χ4v) is 1.40. The monoisotopic (exact) mass is 269 g/mol. The molecule has 0 aromatic heterocycles. The molecule has 0 aliphatic rings. The van der Waals surface area contributed by atoms with Crippen molar-refractivity contribution in [3.8, 4) is 0 Å². The van der Waals surface area contributed by atoms with Gasteiger partial charge in [0.05, 0.1) is 0 Å². The van der Waals surface area contributed by atoms with Crippen molar-refractivity contribution in [3.05, 3.63) is 71.8 Å². The molecule has 0 aliphatic heterocycles. The summed E-state index contributed by atoms with van der Waals surface area (Å²) in [4.78, 5) is 0. The van der Waals surface area contributed by atoms with E-state index in [9.17, 15) is 17.3 Å². The van der Waals surface area contributed by atoms with Crippen LogP contribution in [0.25, 0.3) is 0 Å². The first-order chi connectivity index (χ1) is 8.88. The average molecular weight is 269 g/mol. The minimum atomic E-state index is -6.00. The summed E-state index contributed by atoms with van der Waals surface area (Å²) in [5, 5.41) is 6.03. The third-order valence-electron chi connectivity index (χ3n) is 2.17. The maximum Gasteiger partial charge on any atom is 0.673 e. The van der Waals surface area contributed by atoms with Gasteiger partial charge in [0, 0.05) is 11.1 Å². The summed E-state index contributed by atoms with van der Waals surface area (Å²) in [6.07, 6.45) is 0. The van der Waals surface area contributed by atoms with Crippen molar-refractivity contribution < 1.29 is 22.7 Å². The van der Waals surface area contributed by atoms with E-state index in [0.717, 1.165) is 16.8 Å². The molecule has 0 heterocycles. The van der Waals surface area contributed by atoms with Gasteiger partial charge < -0.3 is 17.3 Å². The third kappa shape index (κ3) is 6.40. The van der Waals surface area contributed by atoms with Crippen molar-refractivity contribution in [1.82, 2.24) is 0 Å². The highest BCUT2D eigenvalue weighted by Gasteiger charge is 2.20. The Morgan fingerprint density at radius 3 is 1.21 bits per heavy atom. The first-order valence-corrected chi connectivity index (χ1v) is 5.48. The summed E-state index contributed by atoms with van der Waals surface area (Å²) < 4.78 is 39.0. The van der Waals surface area contributed by atoms with E-state index in [-0.39, 0.29) is 0 Å². The van der Waals surface area contributed by atoms with E-state index in [1.165, 1.54) is 0 Å². The average Bonchev–Trinajstić information content (AvgIpc) is 2.38. The molecule has 19 heavy (non-hydrogen) atoms. The fourth-order valence-electron chi connectivity index (χ4n) is 1.40. The van der Waals surface area contributed by atoms with E-state index < -0.39 is 7.25 Å². The van der Waals surface area contributed by atoms with Gasteiger partial charge in [-0.05, 0) is 24.3 Å². The largest absolute Gasteiger partial charge is 0.673 e. The van der Waals surface area contributed by atoms with Crippen molar-refractivity contribution in [2.24, 2.45) is 0 Å². The van der Waals surface area contributed by atoms with Crippen LogP contribution < -0.4 is 5.41 Å². The van der Waals surface area contributed by atoms with Gasteiger partial charge in [-0.15, -0.1) is 0 Å². The van der Waals surface area contributed by atoms with E-state index in [2.05, 4.69) is 0 Å². The lowest BCUT2D eigenvalue weighted by Crippen LogP contribution is -2.40. The van der Waals surface area contributed by atoms with Crippen molar-refractivity contribution in [2.45, 2.75) is 0 Å².